The highest BCUT2D eigenvalue weighted by atomic mass is 19.4. The Hall–Kier alpha value is -2.57. The maximum atomic E-state index is 12.6. The van der Waals surface area contributed by atoms with Crippen LogP contribution in [0.4, 0.5) is 18.9 Å². The predicted molar refractivity (Wildman–Crippen MR) is 70.0 cm³/mol. The quantitative estimate of drug-likeness (QED) is 0.835. The van der Waals surface area contributed by atoms with Gasteiger partial charge >= 0.3 is 6.18 Å². The molecule has 0 aliphatic heterocycles. The van der Waals surface area contributed by atoms with Gasteiger partial charge in [0.05, 0.1) is 11.3 Å². The number of anilines is 1. The minimum absolute atomic E-state index is 0.266. The number of phenolic OH excluding ortho intramolecular Hbond substituents is 1. The van der Waals surface area contributed by atoms with Crippen molar-refractivity contribution < 1.29 is 23.1 Å². The Morgan fingerprint density at radius 2 is 2.00 bits per heavy atom. The van der Waals surface area contributed by atoms with Gasteiger partial charge in [0.2, 0.25) is 0 Å². The summed E-state index contributed by atoms with van der Waals surface area (Å²) in [7, 11) is 0. The average molecular weight is 296 g/mol. The van der Waals surface area contributed by atoms with Gasteiger partial charge in [-0.1, -0.05) is 0 Å². The number of hydrogen-bond acceptors (Lipinski definition) is 3. The molecule has 0 spiro atoms. The Morgan fingerprint density at radius 3 is 2.62 bits per heavy atom. The topological polar surface area (TPSA) is 62.2 Å². The van der Waals surface area contributed by atoms with E-state index >= 15 is 0 Å². The van der Waals surface area contributed by atoms with Crippen LogP contribution in [-0.2, 0) is 6.18 Å². The van der Waals surface area contributed by atoms with E-state index in [9.17, 15) is 23.1 Å². The molecule has 7 heteroatoms. The molecular weight excluding hydrogens is 285 g/mol. The number of aromatic nitrogens is 1. The highest BCUT2D eigenvalue weighted by molar-refractivity contribution is 6.05. The molecule has 1 heterocycles. The summed E-state index contributed by atoms with van der Waals surface area (Å²) in [6.07, 6.45) is -1.70. The minimum atomic E-state index is -4.56. The molecule has 0 bridgehead atoms. The molecule has 0 atom stereocenters. The second-order valence-corrected chi connectivity index (χ2v) is 4.37. The molecule has 0 saturated carbocycles. The number of nitrogens with zero attached hydrogens (tertiary/aromatic N) is 1. The zero-order valence-electron chi connectivity index (χ0n) is 10.9. The van der Waals surface area contributed by atoms with Crippen LogP contribution in [0.3, 0.4) is 0 Å². The first-order chi connectivity index (χ1) is 9.79. The summed E-state index contributed by atoms with van der Waals surface area (Å²) < 4.78 is 37.9. The van der Waals surface area contributed by atoms with E-state index in [0.29, 0.717) is 11.6 Å². The summed E-state index contributed by atoms with van der Waals surface area (Å²) in [4.78, 5) is 15.8. The van der Waals surface area contributed by atoms with Gasteiger partial charge in [-0.3, -0.25) is 9.78 Å². The van der Waals surface area contributed by atoms with E-state index < -0.39 is 23.4 Å². The maximum absolute atomic E-state index is 12.6. The lowest BCUT2D eigenvalue weighted by Gasteiger charge is -2.12. The third-order valence-electron chi connectivity index (χ3n) is 2.84. The molecule has 0 radical (unpaired) electrons. The molecule has 2 rings (SSSR count). The van der Waals surface area contributed by atoms with Crippen LogP contribution in [0.25, 0.3) is 0 Å². The molecule has 110 valence electrons. The number of carbonyl (C=O) groups is 1. The Kier molecular flexibility index (Phi) is 3.84. The number of carbonyl (C=O) groups excluding carboxylic acids is 1. The Bertz CT molecular complexity index is 684. The summed E-state index contributed by atoms with van der Waals surface area (Å²) in [6, 6.07) is 3.75. The lowest BCUT2D eigenvalue weighted by molar-refractivity contribution is -0.137. The number of aryl methyl sites for hydroxylation is 1. The molecule has 0 saturated heterocycles. The van der Waals surface area contributed by atoms with Gasteiger partial charge in [-0.15, -0.1) is 0 Å². The summed E-state index contributed by atoms with van der Waals surface area (Å²) in [5, 5.41) is 11.8. The molecule has 0 aliphatic rings. The van der Waals surface area contributed by atoms with Gasteiger partial charge in [0.25, 0.3) is 5.91 Å². The van der Waals surface area contributed by atoms with Crippen molar-refractivity contribution in [3.05, 3.63) is 53.3 Å². The number of hydrogen-bond donors (Lipinski definition) is 2. The standard InChI is InChI=1S/C14H11F3N2O2/c1-8-7-18-5-4-10(8)13(21)19-11-6-9(14(15,16)17)2-3-12(11)20/h2-7,20H,1H3,(H,19,21). The molecule has 2 N–H and O–H groups in total. The van der Waals surface area contributed by atoms with Crippen molar-refractivity contribution >= 4 is 11.6 Å². The number of halogens is 3. The summed E-state index contributed by atoms with van der Waals surface area (Å²) in [6.45, 7) is 1.65. The molecule has 0 fully saturated rings. The van der Waals surface area contributed by atoms with Gasteiger partial charge in [-0.05, 0) is 36.8 Å². The SMILES string of the molecule is Cc1cnccc1C(=O)Nc1cc(C(F)(F)F)ccc1O. The summed E-state index contributed by atoms with van der Waals surface area (Å²) in [5.41, 5.74) is -0.420. The Labute approximate surface area is 118 Å². The second kappa shape index (κ2) is 5.43. The van der Waals surface area contributed by atoms with Crippen LogP contribution in [0.1, 0.15) is 21.5 Å². The van der Waals surface area contributed by atoms with Crippen molar-refractivity contribution in [3.8, 4) is 5.75 Å². The summed E-state index contributed by atoms with van der Waals surface area (Å²) in [5.74, 6) is -1.06. The van der Waals surface area contributed by atoms with Gasteiger partial charge in [0, 0.05) is 18.0 Å². The number of benzene rings is 1. The van der Waals surface area contributed by atoms with E-state index in [4.69, 9.17) is 0 Å². The van der Waals surface area contributed by atoms with Crippen molar-refractivity contribution in [2.24, 2.45) is 0 Å². The Morgan fingerprint density at radius 1 is 1.29 bits per heavy atom. The molecule has 21 heavy (non-hydrogen) atoms. The minimum Gasteiger partial charge on any atom is -0.506 e. The number of rotatable bonds is 2. The van der Waals surface area contributed by atoms with Gasteiger partial charge in [0.1, 0.15) is 5.75 Å². The van der Waals surface area contributed by atoms with Crippen LogP contribution in [0.5, 0.6) is 5.75 Å². The lowest BCUT2D eigenvalue weighted by Crippen LogP contribution is -2.14. The average Bonchev–Trinajstić information content (AvgIpc) is 2.40. The van der Waals surface area contributed by atoms with Gasteiger partial charge in [-0.2, -0.15) is 13.2 Å². The molecule has 1 amide bonds. The summed E-state index contributed by atoms with van der Waals surface area (Å²) >= 11 is 0. The van der Waals surface area contributed by atoms with E-state index in [0.717, 1.165) is 12.1 Å². The molecule has 0 unspecified atom stereocenters. The highest BCUT2D eigenvalue weighted by Crippen LogP contribution is 2.34. The van der Waals surface area contributed by atoms with Crippen molar-refractivity contribution in [1.29, 1.82) is 0 Å². The number of phenols is 1. The molecule has 1 aromatic carbocycles. The maximum Gasteiger partial charge on any atom is 0.416 e. The van der Waals surface area contributed by atoms with E-state index in [1.165, 1.54) is 18.5 Å². The van der Waals surface area contributed by atoms with Crippen molar-refractivity contribution in [3.63, 3.8) is 0 Å². The van der Waals surface area contributed by atoms with Crippen LogP contribution < -0.4 is 5.32 Å². The lowest BCUT2D eigenvalue weighted by atomic mass is 10.1. The number of amides is 1. The molecule has 0 aliphatic carbocycles. The molecule has 2 aromatic rings. The third kappa shape index (κ3) is 3.31. The van der Waals surface area contributed by atoms with Crippen LogP contribution >= 0.6 is 0 Å². The zero-order chi connectivity index (χ0) is 15.6. The molecule has 4 nitrogen and oxygen atoms in total. The smallest absolute Gasteiger partial charge is 0.416 e. The van der Waals surface area contributed by atoms with E-state index in [1.807, 2.05) is 0 Å². The number of pyridine rings is 1. The predicted octanol–water partition coefficient (Wildman–Crippen LogP) is 3.37. The number of alkyl halides is 3. The second-order valence-electron chi connectivity index (χ2n) is 4.37. The fourth-order valence-electron chi connectivity index (χ4n) is 1.73. The Balaban J connectivity index is 2.31. The fourth-order valence-corrected chi connectivity index (χ4v) is 1.73. The first kappa shape index (κ1) is 14.8. The van der Waals surface area contributed by atoms with Crippen molar-refractivity contribution in [1.82, 2.24) is 4.98 Å². The van der Waals surface area contributed by atoms with E-state index in [-0.39, 0.29) is 11.3 Å². The van der Waals surface area contributed by atoms with Gasteiger partial charge < -0.3 is 10.4 Å². The zero-order valence-corrected chi connectivity index (χ0v) is 10.9. The van der Waals surface area contributed by atoms with Gasteiger partial charge in [0.15, 0.2) is 0 Å². The monoisotopic (exact) mass is 296 g/mol. The first-order valence-electron chi connectivity index (χ1n) is 5.91. The van der Waals surface area contributed by atoms with Crippen LogP contribution in [0, 0.1) is 6.92 Å². The number of nitrogens with one attached hydrogen (secondary N) is 1. The van der Waals surface area contributed by atoms with E-state index in [2.05, 4.69) is 10.3 Å². The first-order valence-corrected chi connectivity index (χ1v) is 5.91. The van der Waals surface area contributed by atoms with Gasteiger partial charge in [-0.25, -0.2) is 0 Å². The molecule has 1 aromatic heterocycles. The largest absolute Gasteiger partial charge is 0.506 e. The van der Waals surface area contributed by atoms with E-state index in [1.54, 1.807) is 6.92 Å². The normalized spacial score (nSPS) is 11.2. The van der Waals surface area contributed by atoms with Crippen LogP contribution in [-0.4, -0.2) is 16.0 Å². The fraction of sp³-hybridized carbons (Fsp3) is 0.143. The number of aromatic hydroxyl groups is 1. The van der Waals surface area contributed by atoms with Crippen molar-refractivity contribution in [2.45, 2.75) is 13.1 Å². The highest BCUT2D eigenvalue weighted by Gasteiger charge is 2.31. The van der Waals surface area contributed by atoms with Crippen LogP contribution in [0.15, 0.2) is 36.7 Å². The van der Waals surface area contributed by atoms with Crippen LogP contribution in [0.2, 0.25) is 0 Å². The third-order valence-corrected chi connectivity index (χ3v) is 2.84. The van der Waals surface area contributed by atoms with Crippen molar-refractivity contribution in [2.75, 3.05) is 5.32 Å². The molecular formula is C14H11F3N2O2.